The summed E-state index contributed by atoms with van der Waals surface area (Å²) in [6.45, 7) is 2.87. The lowest BCUT2D eigenvalue weighted by Gasteiger charge is -2.17. The van der Waals surface area contributed by atoms with Gasteiger partial charge in [0.2, 0.25) is 0 Å². The van der Waals surface area contributed by atoms with Crippen LogP contribution in [-0.4, -0.2) is 26.1 Å². The summed E-state index contributed by atoms with van der Waals surface area (Å²) in [5.41, 5.74) is 0.714. The van der Waals surface area contributed by atoms with Crippen LogP contribution in [0.25, 0.3) is 0 Å². The molecular formula is C17H18O4. The van der Waals surface area contributed by atoms with Gasteiger partial charge in [-0.15, -0.1) is 0 Å². The average Bonchev–Trinajstić information content (AvgIpc) is 2.55. The molecule has 0 N–H and O–H groups in total. The number of hydrogen-bond acceptors (Lipinski definition) is 4. The number of carbonyl (C=O) groups excluding carboxylic acids is 1. The van der Waals surface area contributed by atoms with Gasteiger partial charge in [0, 0.05) is 5.56 Å². The number of carbonyl (C=O) groups is 1. The van der Waals surface area contributed by atoms with Gasteiger partial charge < -0.3 is 14.2 Å². The fraction of sp³-hybridized carbons (Fsp3) is 0.235. The maximum Gasteiger partial charge on any atom is 0.161 e. The molecule has 0 fully saturated rings. The second-order valence-corrected chi connectivity index (χ2v) is 4.43. The van der Waals surface area contributed by atoms with Crippen LogP contribution in [0.15, 0.2) is 48.5 Å². The molecule has 0 atom stereocenters. The summed E-state index contributed by atoms with van der Waals surface area (Å²) in [7, 11) is 1.60. The Kier molecular flexibility index (Phi) is 5.21. The number of ether oxygens (including phenoxy) is 3. The SMILES string of the molecule is COc1ccc(C(C)=O)cc1.c1ccc2c(c1)OCCO2. The Morgan fingerprint density at radius 2 is 1.48 bits per heavy atom. The molecule has 0 bridgehead atoms. The molecule has 21 heavy (non-hydrogen) atoms. The molecule has 0 aromatic heterocycles. The smallest absolute Gasteiger partial charge is 0.161 e. The van der Waals surface area contributed by atoms with E-state index >= 15 is 0 Å². The van der Waals surface area contributed by atoms with Crippen molar-refractivity contribution < 1.29 is 19.0 Å². The molecule has 0 spiro atoms. The molecule has 1 heterocycles. The van der Waals surface area contributed by atoms with Crippen molar-refractivity contribution in [1.82, 2.24) is 0 Å². The lowest BCUT2D eigenvalue weighted by Crippen LogP contribution is -2.14. The van der Waals surface area contributed by atoms with E-state index in [0.717, 1.165) is 17.2 Å². The second kappa shape index (κ2) is 7.33. The zero-order chi connectivity index (χ0) is 15.1. The van der Waals surface area contributed by atoms with Crippen molar-refractivity contribution in [2.75, 3.05) is 20.3 Å². The molecule has 1 aliphatic rings. The Bertz CT molecular complexity index is 565. The van der Waals surface area contributed by atoms with E-state index in [0.29, 0.717) is 18.8 Å². The van der Waals surface area contributed by atoms with Crippen LogP contribution in [-0.2, 0) is 0 Å². The van der Waals surface area contributed by atoms with Gasteiger partial charge in [-0.3, -0.25) is 4.79 Å². The highest BCUT2D eigenvalue weighted by atomic mass is 16.6. The number of rotatable bonds is 2. The summed E-state index contributed by atoms with van der Waals surface area (Å²) in [6.07, 6.45) is 0. The van der Waals surface area contributed by atoms with Gasteiger partial charge >= 0.3 is 0 Å². The van der Waals surface area contributed by atoms with Crippen molar-refractivity contribution in [3.05, 3.63) is 54.1 Å². The number of hydrogen-bond donors (Lipinski definition) is 0. The number of fused-ring (bicyclic) bond motifs is 1. The number of Topliss-reactive ketones (excluding diaryl/α,β-unsaturated/α-hetero) is 1. The van der Waals surface area contributed by atoms with E-state index in [4.69, 9.17) is 14.2 Å². The van der Waals surface area contributed by atoms with Crippen molar-refractivity contribution in [3.8, 4) is 17.2 Å². The number of benzene rings is 2. The molecule has 0 saturated carbocycles. The maximum atomic E-state index is 10.8. The van der Waals surface area contributed by atoms with Crippen molar-refractivity contribution in [2.45, 2.75) is 6.92 Å². The Morgan fingerprint density at radius 1 is 0.952 bits per heavy atom. The lowest BCUT2D eigenvalue weighted by atomic mass is 10.1. The van der Waals surface area contributed by atoms with Gasteiger partial charge in [0.05, 0.1) is 7.11 Å². The van der Waals surface area contributed by atoms with E-state index in [1.165, 1.54) is 0 Å². The predicted octanol–water partition coefficient (Wildman–Crippen LogP) is 3.36. The highest BCUT2D eigenvalue weighted by Crippen LogP contribution is 2.28. The molecule has 2 aromatic rings. The first-order valence-electron chi connectivity index (χ1n) is 6.70. The molecule has 0 aliphatic carbocycles. The zero-order valence-electron chi connectivity index (χ0n) is 12.2. The van der Waals surface area contributed by atoms with Gasteiger partial charge in [-0.1, -0.05) is 12.1 Å². The van der Waals surface area contributed by atoms with Crippen molar-refractivity contribution in [3.63, 3.8) is 0 Å². The minimum absolute atomic E-state index is 0.0765. The van der Waals surface area contributed by atoms with Gasteiger partial charge in [-0.25, -0.2) is 0 Å². The third-order valence-corrected chi connectivity index (χ3v) is 2.94. The molecule has 0 unspecified atom stereocenters. The summed E-state index contributed by atoms with van der Waals surface area (Å²) in [6, 6.07) is 14.7. The summed E-state index contributed by atoms with van der Waals surface area (Å²) in [4.78, 5) is 10.8. The van der Waals surface area contributed by atoms with E-state index < -0.39 is 0 Å². The first-order valence-corrected chi connectivity index (χ1v) is 6.70. The van der Waals surface area contributed by atoms with E-state index in [1.807, 2.05) is 24.3 Å². The molecule has 4 heteroatoms. The maximum absolute atomic E-state index is 10.8. The number of para-hydroxylation sites is 2. The van der Waals surface area contributed by atoms with E-state index in [2.05, 4.69) is 0 Å². The van der Waals surface area contributed by atoms with Gasteiger partial charge in [0.25, 0.3) is 0 Å². The van der Waals surface area contributed by atoms with Crippen molar-refractivity contribution >= 4 is 5.78 Å². The summed E-state index contributed by atoms with van der Waals surface area (Å²) in [5, 5.41) is 0. The zero-order valence-corrected chi connectivity index (χ0v) is 12.2. The van der Waals surface area contributed by atoms with E-state index in [9.17, 15) is 4.79 Å². The normalized spacial score (nSPS) is 11.9. The van der Waals surface area contributed by atoms with Gasteiger partial charge in [-0.05, 0) is 43.3 Å². The minimum Gasteiger partial charge on any atom is -0.497 e. The van der Waals surface area contributed by atoms with Crippen molar-refractivity contribution in [2.24, 2.45) is 0 Å². The van der Waals surface area contributed by atoms with Crippen LogP contribution in [0.1, 0.15) is 17.3 Å². The molecular weight excluding hydrogens is 268 g/mol. The minimum atomic E-state index is 0.0765. The van der Waals surface area contributed by atoms with Crippen LogP contribution in [0, 0.1) is 0 Å². The molecule has 3 rings (SSSR count). The Labute approximate surface area is 124 Å². The molecule has 4 nitrogen and oxygen atoms in total. The largest absolute Gasteiger partial charge is 0.497 e. The van der Waals surface area contributed by atoms with Crippen LogP contribution in [0.4, 0.5) is 0 Å². The quantitative estimate of drug-likeness (QED) is 0.794. The summed E-state index contributed by atoms with van der Waals surface area (Å²) in [5.74, 6) is 2.56. The topological polar surface area (TPSA) is 44.8 Å². The lowest BCUT2D eigenvalue weighted by molar-refractivity contribution is 0.101. The van der Waals surface area contributed by atoms with Crippen LogP contribution in [0.5, 0.6) is 17.2 Å². The molecule has 0 saturated heterocycles. The first kappa shape index (κ1) is 14.9. The molecule has 110 valence electrons. The highest BCUT2D eigenvalue weighted by Gasteiger charge is 2.07. The van der Waals surface area contributed by atoms with Crippen LogP contribution in [0.3, 0.4) is 0 Å². The third kappa shape index (κ3) is 4.24. The second-order valence-electron chi connectivity index (χ2n) is 4.43. The van der Waals surface area contributed by atoms with Gasteiger partial charge in [-0.2, -0.15) is 0 Å². The first-order chi connectivity index (χ1) is 10.2. The summed E-state index contributed by atoms with van der Waals surface area (Å²) < 4.78 is 15.5. The van der Waals surface area contributed by atoms with Crippen LogP contribution >= 0.6 is 0 Å². The fourth-order valence-corrected chi connectivity index (χ4v) is 1.82. The Hall–Kier alpha value is -2.49. The van der Waals surface area contributed by atoms with Gasteiger partial charge in [0.15, 0.2) is 17.3 Å². The molecule has 0 radical (unpaired) electrons. The van der Waals surface area contributed by atoms with Gasteiger partial charge in [0.1, 0.15) is 19.0 Å². The highest BCUT2D eigenvalue weighted by molar-refractivity contribution is 5.94. The third-order valence-electron chi connectivity index (χ3n) is 2.94. The predicted molar refractivity (Wildman–Crippen MR) is 80.4 cm³/mol. The number of methoxy groups -OCH3 is 1. The van der Waals surface area contributed by atoms with Crippen LogP contribution in [0.2, 0.25) is 0 Å². The van der Waals surface area contributed by atoms with Crippen molar-refractivity contribution in [1.29, 1.82) is 0 Å². The Balaban J connectivity index is 0.000000154. The van der Waals surface area contributed by atoms with E-state index in [-0.39, 0.29) is 5.78 Å². The fourth-order valence-electron chi connectivity index (χ4n) is 1.82. The standard InChI is InChI=1S/C9H10O2.C8H8O2/c1-7(10)8-3-5-9(11-2)6-4-8;1-2-4-8-7(3-1)9-5-6-10-8/h3-6H,1-2H3;1-4H,5-6H2. The van der Waals surface area contributed by atoms with Crippen LogP contribution < -0.4 is 14.2 Å². The summed E-state index contributed by atoms with van der Waals surface area (Å²) >= 11 is 0. The molecule has 0 amide bonds. The Morgan fingerprint density at radius 3 is 1.90 bits per heavy atom. The monoisotopic (exact) mass is 286 g/mol. The molecule has 1 aliphatic heterocycles. The average molecular weight is 286 g/mol. The number of ketones is 1. The van der Waals surface area contributed by atoms with E-state index in [1.54, 1.807) is 38.3 Å². The molecule has 2 aromatic carbocycles.